The first-order chi connectivity index (χ1) is 6.86. The van der Waals surface area contributed by atoms with Crippen LogP contribution in [0.4, 0.5) is 0 Å². The minimum atomic E-state index is 0.786. The van der Waals surface area contributed by atoms with Crippen molar-refractivity contribution in [2.45, 2.75) is 44.9 Å². The number of nitrogens with zero attached hydrogens (tertiary/aromatic N) is 1. The predicted octanol–water partition coefficient (Wildman–Crippen LogP) is 2.87. The van der Waals surface area contributed by atoms with E-state index in [-0.39, 0.29) is 0 Å². The molecular formula is C13H22N. The van der Waals surface area contributed by atoms with Crippen molar-refractivity contribution in [3.63, 3.8) is 0 Å². The van der Waals surface area contributed by atoms with Crippen LogP contribution < -0.4 is 0 Å². The quantitative estimate of drug-likeness (QED) is 0.650. The van der Waals surface area contributed by atoms with Gasteiger partial charge in [0.05, 0.1) is 0 Å². The molecule has 1 nitrogen and oxygen atoms in total. The summed E-state index contributed by atoms with van der Waals surface area (Å²) in [6, 6.07) is 0. The smallest absolute Gasteiger partial charge is 0.00508 e. The van der Waals surface area contributed by atoms with E-state index in [1.54, 1.807) is 0 Å². The van der Waals surface area contributed by atoms with Crippen LogP contribution in [-0.2, 0) is 0 Å². The van der Waals surface area contributed by atoms with Crippen molar-refractivity contribution in [2.75, 3.05) is 19.6 Å². The summed E-state index contributed by atoms with van der Waals surface area (Å²) in [6.45, 7) is 4.25. The van der Waals surface area contributed by atoms with Gasteiger partial charge in [0.1, 0.15) is 0 Å². The van der Waals surface area contributed by atoms with Gasteiger partial charge >= 0.3 is 0 Å². The molecular weight excluding hydrogens is 170 g/mol. The van der Waals surface area contributed by atoms with E-state index >= 15 is 0 Å². The van der Waals surface area contributed by atoms with Crippen molar-refractivity contribution in [3.8, 4) is 0 Å². The topological polar surface area (TPSA) is 3.24 Å². The van der Waals surface area contributed by atoms with Crippen molar-refractivity contribution < 1.29 is 0 Å². The van der Waals surface area contributed by atoms with Gasteiger partial charge in [-0.05, 0) is 43.4 Å². The highest BCUT2D eigenvalue weighted by atomic mass is 15.2. The number of likely N-dealkylation sites (tertiary alicyclic amines) is 1. The second kappa shape index (κ2) is 3.52. The molecule has 3 rings (SSSR count). The van der Waals surface area contributed by atoms with Gasteiger partial charge in [-0.15, -0.1) is 0 Å². The molecule has 2 saturated carbocycles. The van der Waals surface area contributed by atoms with E-state index in [1.165, 1.54) is 64.6 Å². The molecule has 1 heterocycles. The Hall–Kier alpha value is -0.0400. The lowest BCUT2D eigenvalue weighted by atomic mass is 9.63. The third kappa shape index (κ3) is 1.60. The maximum Gasteiger partial charge on any atom is 0.00508 e. The van der Waals surface area contributed by atoms with E-state index in [0.29, 0.717) is 0 Å². The van der Waals surface area contributed by atoms with E-state index in [2.05, 4.69) is 11.3 Å². The van der Waals surface area contributed by atoms with E-state index < -0.39 is 0 Å². The highest BCUT2D eigenvalue weighted by molar-refractivity contribution is 5.08. The lowest BCUT2D eigenvalue weighted by Gasteiger charge is -2.56. The van der Waals surface area contributed by atoms with Crippen LogP contribution >= 0.6 is 0 Å². The summed E-state index contributed by atoms with van der Waals surface area (Å²) in [7, 11) is 0. The first-order valence-corrected chi connectivity index (χ1v) is 6.40. The second-order valence-corrected chi connectivity index (χ2v) is 5.87. The summed E-state index contributed by atoms with van der Waals surface area (Å²) in [5.41, 5.74) is 0.786. The largest absolute Gasteiger partial charge is 0.302 e. The zero-order valence-electron chi connectivity index (χ0n) is 9.17. The van der Waals surface area contributed by atoms with Crippen molar-refractivity contribution >= 4 is 0 Å². The van der Waals surface area contributed by atoms with Gasteiger partial charge in [0.2, 0.25) is 0 Å². The van der Waals surface area contributed by atoms with Gasteiger partial charge in [-0.1, -0.05) is 19.3 Å². The molecule has 0 N–H and O–H groups in total. The molecule has 3 aliphatic rings. The molecule has 1 saturated heterocycles. The Labute approximate surface area is 87.9 Å². The Morgan fingerprint density at radius 1 is 1.07 bits per heavy atom. The molecule has 14 heavy (non-hydrogen) atoms. The molecule has 3 fully saturated rings. The lowest BCUT2D eigenvalue weighted by Crippen LogP contribution is -2.60. The molecule has 1 aliphatic heterocycles. The normalized spacial score (nSPS) is 32.6. The summed E-state index contributed by atoms with van der Waals surface area (Å²) in [5.74, 6) is 1.05. The standard InChI is InChI=1S/C13H22N/c1-2-5-12(6-3-1)9-14-10-13(11-14)7-4-8-13/h4,12H,1-3,5-11H2. The monoisotopic (exact) mass is 192 g/mol. The molecule has 0 aromatic heterocycles. The average Bonchev–Trinajstić information content (AvgIpc) is 2.09. The van der Waals surface area contributed by atoms with E-state index in [4.69, 9.17) is 0 Å². The third-order valence-electron chi connectivity index (χ3n) is 4.51. The van der Waals surface area contributed by atoms with Gasteiger partial charge in [0, 0.05) is 19.6 Å². The molecule has 2 aliphatic carbocycles. The summed E-state index contributed by atoms with van der Waals surface area (Å²) in [6.07, 6.45) is 12.8. The summed E-state index contributed by atoms with van der Waals surface area (Å²) < 4.78 is 0. The van der Waals surface area contributed by atoms with Crippen LogP contribution in [0.25, 0.3) is 0 Å². The van der Waals surface area contributed by atoms with E-state index in [1.807, 2.05) is 0 Å². The fourth-order valence-corrected chi connectivity index (χ4v) is 3.58. The Bertz CT molecular complexity index is 193. The molecule has 1 heteroatoms. The number of hydrogen-bond acceptors (Lipinski definition) is 1. The first-order valence-electron chi connectivity index (χ1n) is 6.40. The Morgan fingerprint density at radius 2 is 1.79 bits per heavy atom. The minimum absolute atomic E-state index is 0.786. The fraction of sp³-hybridized carbons (Fsp3) is 0.923. The molecule has 1 radical (unpaired) electrons. The Balaban J connectivity index is 1.41. The Kier molecular flexibility index (Phi) is 2.31. The second-order valence-electron chi connectivity index (χ2n) is 5.87. The molecule has 0 aromatic carbocycles. The molecule has 0 unspecified atom stereocenters. The van der Waals surface area contributed by atoms with Gasteiger partial charge < -0.3 is 4.90 Å². The van der Waals surface area contributed by atoms with Crippen molar-refractivity contribution in [2.24, 2.45) is 11.3 Å². The SMILES string of the molecule is [CH]1CC2(C1)CN(CC1CCCCC1)C2. The van der Waals surface area contributed by atoms with Crippen LogP contribution in [0.5, 0.6) is 0 Å². The molecule has 0 amide bonds. The van der Waals surface area contributed by atoms with Gasteiger partial charge in [-0.2, -0.15) is 0 Å². The van der Waals surface area contributed by atoms with Gasteiger partial charge in [0.15, 0.2) is 0 Å². The lowest BCUT2D eigenvalue weighted by molar-refractivity contribution is -0.0437. The zero-order chi connectivity index (χ0) is 9.43. The van der Waals surface area contributed by atoms with Crippen LogP contribution in [0.3, 0.4) is 0 Å². The van der Waals surface area contributed by atoms with E-state index in [9.17, 15) is 0 Å². The summed E-state index contributed by atoms with van der Waals surface area (Å²) in [4.78, 5) is 2.71. The number of rotatable bonds is 2. The van der Waals surface area contributed by atoms with Crippen LogP contribution in [0.1, 0.15) is 44.9 Å². The highest BCUT2D eigenvalue weighted by Gasteiger charge is 2.47. The van der Waals surface area contributed by atoms with Gasteiger partial charge in [-0.25, -0.2) is 0 Å². The molecule has 79 valence electrons. The minimum Gasteiger partial charge on any atom is -0.302 e. The predicted molar refractivity (Wildman–Crippen MR) is 59.0 cm³/mol. The third-order valence-corrected chi connectivity index (χ3v) is 4.51. The van der Waals surface area contributed by atoms with Crippen LogP contribution in [0.15, 0.2) is 0 Å². The van der Waals surface area contributed by atoms with Gasteiger partial charge in [-0.3, -0.25) is 0 Å². The molecule has 0 aromatic rings. The Morgan fingerprint density at radius 3 is 2.36 bits per heavy atom. The molecule has 1 spiro atoms. The molecule has 0 bridgehead atoms. The first kappa shape index (κ1) is 9.21. The number of hydrogen-bond donors (Lipinski definition) is 0. The average molecular weight is 192 g/mol. The van der Waals surface area contributed by atoms with Gasteiger partial charge in [0.25, 0.3) is 0 Å². The maximum absolute atomic E-state index is 2.71. The van der Waals surface area contributed by atoms with Crippen molar-refractivity contribution in [1.29, 1.82) is 0 Å². The zero-order valence-corrected chi connectivity index (χ0v) is 9.17. The highest BCUT2D eigenvalue weighted by Crippen LogP contribution is 2.47. The molecule has 0 atom stereocenters. The fourth-order valence-electron chi connectivity index (χ4n) is 3.58. The van der Waals surface area contributed by atoms with Crippen molar-refractivity contribution in [1.82, 2.24) is 4.90 Å². The van der Waals surface area contributed by atoms with Crippen LogP contribution in [0.2, 0.25) is 0 Å². The summed E-state index contributed by atoms with van der Waals surface area (Å²) >= 11 is 0. The van der Waals surface area contributed by atoms with Crippen LogP contribution in [0, 0.1) is 17.8 Å². The summed E-state index contributed by atoms with van der Waals surface area (Å²) in [5, 5.41) is 0. The van der Waals surface area contributed by atoms with E-state index in [0.717, 1.165) is 11.3 Å². The maximum atomic E-state index is 2.71. The van der Waals surface area contributed by atoms with Crippen molar-refractivity contribution in [3.05, 3.63) is 6.42 Å². The van der Waals surface area contributed by atoms with Crippen LogP contribution in [-0.4, -0.2) is 24.5 Å².